The molecule has 0 radical (unpaired) electrons. The number of nitrogens with two attached hydrogens (primary N) is 1. The van der Waals surface area contributed by atoms with Crippen LogP contribution in [0.25, 0.3) is 0 Å². The van der Waals surface area contributed by atoms with Crippen LogP contribution in [0.3, 0.4) is 0 Å². The van der Waals surface area contributed by atoms with Crippen LogP contribution in [0.4, 0.5) is 0 Å². The number of primary amides is 1. The topological polar surface area (TPSA) is 61.6 Å². The SMILES string of the molecule is CC(C)NC(C)(CN1CCN(C(C)C)CC1)C(N)=O. The van der Waals surface area contributed by atoms with Gasteiger partial charge in [0.25, 0.3) is 0 Å². The van der Waals surface area contributed by atoms with Crippen LogP contribution in [-0.2, 0) is 4.79 Å². The van der Waals surface area contributed by atoms with Crippen molar-refractivity contribution in [3.05, 3.63) is 0 Å². The van der Waals surface area contributed by atoms with Crippen molar-refractivity contribution in [2.45, 2.75) is 52.2 Å². The molecule has 0 aliphatic carbocycles. The van der Waals surface area contributed by atoms with Gasteiger partial charge in [-0.25, -0.2) is 0 Å². The highest BCUT2D eigenvalue weighted by Crippen LogP contribution is 2.12. The van der Waals surface area contributed by atoms with Gasteiger partial charge in [-0.2, -0.15) is 0 Å². The Hall–Kier alpha value is -0.650. The number of amides is 1. The van der Waals surface area contributed by atoms with Crippen molar-refractivity contribution in [2.75, 3.05) is 32.7 Å². The van der Waals surface area contributed by atoms with Crippen molar-refractivity contribution in [1.82, 2.24) is 15.1 Å². The molecular weight excluding hydrogens is 240 g/mol. The van der Waals surface area contributed by atoms with Gasteiger partial charge >= 0.3 is 0 Å². The largest absolute Gasteiger partial charge is 0.368 e. The molecular formula is C14H30N4O. The molecule has 0 bridgehead atoms. The van der Waals surface area contributed by atoms with Gasteiger partial charge in [-0.3, -0.25) is 14.6 Å². The van der Waals surface area contributed by atoms with E-state index < -0.39 is 5.54 Å². The molecule has 1 fully saturated rings. The Bertz CT molecular complexity index is 298. The second kappa shape index (κ2) is 6.68. The lowest BCUT2D eigenvalue weighted by molar-refractivity contribution is -0.125. The lowest BCUT2D eigenvalue weighted by Gasteiger charge is -2.41. The van der Waals surface area contributed by atoms with Crippen LogP contribution in [0.2, 0.25) is 0 Å². The Labute approximate surface area is 117 Å². The first-order valence-corrected chi connectivity index (χ1v) is 7.28. The summed E-state index contributed by atoms with van der Waals surface area (Å²) in [7, 11) is 0. The smallest absolute Gasteiger partial charge is 0.238 e. The van der Waals surface area contributed by atoms with Gasteiger partial charge in [0.15, 0.2) is 0 Å². The zero-order valence-corrected chi connectivity index (χ0v) is 13.1. The predicted octanol–water partition coefficient (Wildman–Crippen LogP) is 0.254. The maximum absolute atomic E-state index is 11.7. The average Bonchev–Trinajstić information content (AvgIpc) is 2.28. The van der Waals surface area contributed by atoms with E-state index in [0.29, 0.717) is 12.6 Å². The van der Waals surface area contributed by atoms with Crippen molar-refractivity contribution >= 4 is 5.91 Å². The van der Waals surface area contributed by atoms with Gasteiger partial charge in [-0.15, -0.1) is 0 Å². The summed E-state index contributed by atoms with van der Waals surface area (Å²) in [6.07, 6.45) is 0. The van der Waals surface area contributed by atoms with E-state index in [4.69, 9.17) is 5.73 Å². The minimum absolute atomic E-state index is 0.245. The Morgan fingerprint density at radius 1 is 1.21 bits per heavy atom. The Morgan fingerprint density at radius 3 is 2.11 bits per heavy atom. The highest BCUT2D eigenvalue weighted by atomic mass is 16.1. The zero-order valence-electron chi connectivity index (χ0n) is 13.1. The van der Waals surface area contributed by atoms with Gasteiger partial charge in [-0.05, 0) is 34.6 Å². The molecule has 3 N–H and O–H groups in total. The van der Waals surface area contributed by atoms with E-state index in [-0.39, 0.29) is 11.9 Å². The first kappa shape index (κ1) is 16.4. The molecule has 5 nitrogen and oxygen atoms in total. The average molecular weight is 270 g/mol. The van der Waals surface area contributed by atoms with Crippen molar-refractivity contribution in [3.63, 3.8) is 0 Å². The summed E-state index contributed by atoms with van der Waals surface area (Å²) in [6.45, 7) is 15.3. The van der Waals surface area contributed by atoms with E-state index in [0.717, 1.165) is 26.2 Å². The Balaban J connectivity index is 2.55. The molecule has 0 spiro atoms. The fourth-order valence-corrected chi connectivity index (χ4v) is 2.72. The Morgan fingerprint density at radius 2 is 1.74 bits per heavy atom. The van der Waals surface area contributed by atoms with Crippen LogP contribution in [0.1, 0.15) is 34.6 Å². The molecule has 0 aromatic rings. The van der Waals surface area contributed by atoms with Crippen molar-refractivity contribution in [3.8, 4) is 0 Å². The molecule has 1 aliphatic heterocycles. The van der Waals surface area contributed by atoms with Crippen LogP contribution in [-0.4, -0.2) is 66.1 Å². The third kappa shape index (κ3) is 4.75. The van der Waals surface area contributed by atoms with E-state index in [9.17, 15) is 4.79 Å². The van der Waals surface area contributed by atoms with E-state index in [1.807, 2.05) is 20.8 Å². The summed E-state index contributed by atoms with van der Waals surface area (Å²) in [5, 5.41) is 3.31. The first-order valence-electron chi connectivity index (χ1n) is 7.28. The summed E-state index contributed by atoms with van der Waals surface area (Å²) < 4.78 is 0. The fraction of sp³-hybridized carbons (Fsp3) is 0.929. The number of carbonyl (C=O) groups is 1. The van der Waals surface area contributed by atoms with Gasteiger partial charge in [0.05, 0.1) is 0 Å². The zero-order chi connectivity index (χ0) is 14.6. The van der Waals surface area contributed by atoms with Gasteiger partial charge in [0, 0.05) is 44.8 Å². The quantitative estimate of drug-likeness (QED) is 0.726. The number of hydrogen-bond acceptors (Lipinski definition) is 4. The number of nitrogens with one attached hydrogen (secondary N) is 1. The molecule has 19 heavy (non-hydrogen) atoms. The summed E-state index contributed by atoms with van der Waals surface area (Å²) in [5.74, 6) is -0.271. The second-order valence-corrected chi connectivity index (χ2v) is 6.40. The molecule has 0 saturated carbocycles. The maximum Gasteiger partial charge on any atom is 0.238 e. The lowest BCUT2D eigenvalue weighted by atomic mass is 9.99. The van der Waals surface area contributed by atoms with E-state index in [2.05, 4.69) is 29.0 Å². The van der Waals surface area contributed by atoms with E-state index in [1.165, 1.54) is 0 Å². The standard InChI is InChI=1S/C14H30N4O/c1-11(2)16-14(5,13(15)19)10-17-6-8-18(9-7-17)12(3)4/h11-12,16H,6-10H2,1-5H3,(H2,15,19). The number of piperazine rings is 1. The summed E-state index contributed by atoms with van der Waals surface area (Å²) >= 11 is 0. The van der Waals surface area contributed by atoms with Crippen molar-refractivity contribution in [2.24, 2.45) is 5.73 Å². The minimum Gasteiger partial charge on any atom is -0.368 e. The number of nitrogens with zero attached hydrogens (tertiary/aromatic N) is 2. The predicted molar refractivity (Wildman–Crippen MR) is 79.0 cm³/mol. The highest BCUT2D eigenvalue weighted by molar-refractivity contribution is 5.84. The first-order chi connectivity index (χ1) is 8.74. The highest BCUT2D eigenvalue weighted by Gasteiger charge is 2.34. The molecule has 1 aliphatic rings. The monoisotopic (exact) mass is 270 g/mol. The molecule has 1 amide bonds. The molecule has 0 aromatic carbocycles. The number of rotatable bonds is 6. The van der Waals surface area contributed by atoms with Gasteiger partial charge < -0.3 is 11.1 Å². The number of hydrogen-bond donors (Lipinski definition) is 2. The molecule has 112 valence electrons. The van der Waals surface area contributed by atoms with E-state index >= 15 is 0 Å². The number of carbonyl (C=O) groups excluding carboxylic acids is 1. The Kier molecular flexibility index (Phi) is 5.77. The normalized spacial score (nSPS) is 21.8. The van der Waals surface area contributed by atoms with Crippen LogP contribution in [0, 0.1) is 0 Å². The molecule has 1 rings (SSSR count). The molecule has 1 atom stereocenters. The lowest BCUT2D eigenvalue weighted by Crippen LogP contribution is -2.63. The van der Waals surface area contributed by atoms with Gasteiger partial charge in [-0.1, -0.05) is 0 Å². The molecule has 5 heteroatoms. The third-order valence-corrected chi connectivity index (χ3v) is 3.83. The molecule has 1 unspecified atom stereocenters. The van der Waals surface area contributed by atoms with E-state index in [1.54, 1.807) is 0 Å². The third-order valence-electron chi connectivity index (χ3n) is 3.83. The van der Waals surface area contributed by atoms with Crippen molar-refractivity contribution in [1.29, 1.82) is 0 Å². The van der Waals surface area contributed by atoms with Crippen LogP contribution in [0.15, 0.2) is 0 Å². The van der Waals surface area contributed by atoms with Crippen LogP contribution < -0.4 is 11.1 Å². The fourth-order valence-electron chi connectivity index (χ4n) is 2.72. The summed E-state index contributed by atoms with van der Waals surface area (Å²) in [4.78, 5) is 16.5. The second-order valence-electron chi connectivity index (χ2n) is 6.40. The van der Waals surface area contributed by atoms with Gasteiger partial charge in [0.2, 0.25) is 5.91 Å². The maximum atomic E-state index is 11.7. The molecule has 1 heterocycles. The van der Waals surface area contributed by atoms with Crippen LogP contribution in [0.5, 0.6) is 0 Å². The summed E-state index contributed by atoms with van der Waals surface area (Å²) in [6, 6.07) is 0.841. The summed E-state index contributed by atoms with van der Waals surface area (Å²) in [5.41, 5.74) is 4.93. The molecule has 0 aromatic heterocycles. The minimum atomic E-state index is -0.645. The van der Waals surface area contributed by atoms with Crippen LogP contribution >= 0.6 is 0 Å². The van der Waals surface area contributed by atoms with Gasteiger partial charge in [0.1, 0.15) is 5.54 Å². The molecule has 1 saturated heterocycles. The van der Waals surface area contributed by atoms with Crippen molar-refractivity contribution < 1.29 is 4.79 Å².